The molecule has 0 unspecified atom stereocenters. The molecular formula is C19H19ClO5. The highest BCUT2D eigenvalue weighted by Crippen LogP contribution is 2.28. The van der Waals surface area contributed by atoms with Crippen molar-refractivity contribution in [2.75, 3.05) is 13.7 Å². The standard InChI is InChI=1S/C19H19ClO5/c1-4-24-16-10-7-14(11-17(16)23-3)19(22)25-12(2)18(21)13-5-8-15(20)9-6-13/h5-12H,4H2,1-3H3/t12-/m1/s1. The summed E-state index contributed by atoms with van der Waals surface area (Å²) in [6.45, 7) is 3.86. The normalized spacial score (nSPS) is 11.5. The van der Waals surface area contributed by atoms with Crippen molar-refractivity contribution >= 4 is 23.4 Å². The predicted molar refractivity (Wildman–Crippen MR) is 94.8 cm³/mol. The summed E-state index contributed by atoms with van der Waals surface area (Å²) in [4.78, 5) is 24.6. The lowest BCUT2D eigenvalue weighted by molar-refractivity contribution is 0.0318. The largest absolute Gasteiger partial charge is 0.493 e. The molecule has 25 heavy (non-hydrogen) atoms. The molecule has 132 valence electrons. The summed E-state index contributed by atoms with van der Waals surface area (Å²) in [5, 5.41) is 0.530. The summed E-state index contributed by atoms with van der Waals surface area (Å²) >= 11 is 5.81. The van der Waals surface area contributed by atoms with E-state index in [1.807, 2.05) is 6.92 Å². The van der Waals surface area contributed by atoms with Crippen LogP contribution in [0.15, 0.2) is 42.5 Å². The zero-order valence-electron chi connectivity index (χ0n) is 14.2. The highest BCUT2D eigenvalue weighted by Gasteiger charge is 2.21. The molecule has 0 heterocycles. The summed E-state index contributed by atoms with van der Waals surface area (Å²) < 4.78 is 15.9. The lowest BCUT2D eigenvalue weighted by Crippen LogP contribution is -2.24. The average molecular weight is 363 g/mol. The van der Waals surface area contributed by atoms with Crippen LogP contribution in [0.25, 0.3) is 0 Å². The second-order valence-electron chi connectivity index (χ2n) is 5.22. The first-order valence-electron chi connectivity index (χ1n) is 7.77. The minimum absolute atomic E-state index is 0.274. The minimum atomic E-state index is -0.925. The van der Waals surface area contributed by atoms with E-state index >= 15 is 0 Å². The molecule has 0 saturated heterocycles. The van der Waals surface area contributed by atoms with Gasteiger partial charge >= 0.3 is 5.97 Å². The van der Waals surface area contributed by atoms with Crippen molar-refractivity contribution in [2.45, 2.75) is 20.0 Å². The summed E-state index contributed by atoms with van der Waals surface area (Å²) in [6, 6.07) is 11.1. The number of methoxy groups -OCH3 is 1. The molecule has 2 rings (SSSR count). The highest BCUT2D eigenvalue weighted by molar-refractivity contribution is 6.30. The van der Waals surface area contributed by atoms with Gasteiger partial charge in [-0.25, -0.2) is 4.79 Å². The molecule has 0 aliphatic heterocycles. The fourth-order valence-electron chi connectivity index (χ4n) is 2.20. The smallest absolute Gasteiger partial charge is 0.338 e. The van der Waals surface area contributed by atoms with Crippen molar-refractivity contribution in [3.05, 3.63) is 58.6 Å². The predicted octanol–water partition coefficient (Wildman–Crippen LogP) is 4.18. The van der Waals surface area contributed by atoms with Crippen molar-refractivity contribution < 1.29 is 23.8 Å². The van der Waals surface area contributed by atoms with Gasteiger partial charge in [0.25, 0.3) is 0 Å². The number of hydrogen-bond acceptors (Lipinski definition) is 5. The number of esters is 1. The first-order chi connectivity index (χ1) is 12.0. The first-order valence-corrected chi connectivity index (χ1v) is 8.15. The van der Waals surface area contributed by atoms with E-state index < -0.39 is 12.1 Å². The molecular weight excluding hydrogens is 344 g/mol. The third-order valence-electron chi connectivity index (χ3n) is 3.48. The van der Waals surface area contributed by atoms with Crippen LogP contribution in [0.2, 0.25) is 5.02 Å². The Kier molecular flexibility index (Phi) is 6.42. The Morgan fingerprint density at radius 2 is 1.68 bits per heavy atom. The zero-order chi connectivity index (χ0) is 18.4. The van der Waals surface area contributed by atoms with E-state index in [0.717, 1.165) is 0 Å². The van der Waals surface area contributed by atoms with Gasteiger partial charge in [-0.1, -0.05) is 11.6 Å². The molecule has 0 spiro atoms. The summed E-state index contributed by atoms with van der Waals surface area (Å²) in [7, 11) is 1.49. The van der Waals surface area contributed by atoms with Gasteiger partial charge in [-0.05, 0) is 56.3 Å². The number of Topliss-reactive ketones (excluding diaryl/α,β-unsaturated/α-hetero) is 1. The Bertz CT molecular complexity index is 755. The van der Waals surface area contributed by atoms with Crippen LogP contribution in [0.1, 0.15) is 34.6 Å². The Hall–Kier alpha value is -2.53. The van der Waals surface area contributed by atoms with E-state index in [0.29, 0.717) is 28.7 Å². The van der Waals surface area contributed by atoms with Gasteiger partial charge in [-0.3, -0.25) is 4.79 Å². The Labute approximate surface area is 151 Å². The topological polar surface area (TPSA) is 61.8 Å². The van der Waals surface area contributed by atoms with Crippen LogP contribution in [0, 0.1) is 0 Å². The van der Waals surface area contributed by atoms with Crippen molar-refractivity contribution in [2.24, 2.45) is 0 Å². The first kappa shape index (κ1) is 18.8. The maximum atomic E-state index is 12.3. The zero-order valence-corrected chi connectivity index (χ0v) is 15.0. The molecule has 0 aliphatic carbocycles. The summed E-state index contributed by atoms with van der Waals surface area (Å²) in [5.74, 6) is 0.0406. The average Bonchev–Trinajstić information content (AvgIpc) is 2.62. The molecule has 0 aliphatic rings. The van der Waals surface area contributed by atoms with Crippen molar-refractivity contribution in [1.29, 1.82) is 0 Å². The van der Waals surface area contributed by atoms with Crippen molar-refractivity contribution in [1.82, 2.24) is 0 Å². The second kappa shape index (κ2) is 8.53. The molecule has 0 aromatic heterocycles. The van der Waals surface area contributed by atoms with E-state index in [9.17, 15) is 9.59 Å². The number of hydrogen-bond donors (Lipinski definition) is 0. The van der Waals surface area contributed by atoms with Gasteiger partial charge in [0.15, 0.2) is 17.6 Å². The molecule has 0 bridgehead atoms. The third kappa shape index (κ3) is 4.73. The summed E-state index contributed by atoms with van der Waals surface area (Å²) in [6.07, 6.45) is -0.925. The number of carbonyl (C=O) groups is 2. The highest BCUT2D eigenvalue weighted by atomic mass is 35.5. The lowest BCUT2D eigenvalue weighted by atomic mass is 10.1. The quantitative estimate of drug-likeness (QED) is 0.546. The maximum Gasteiger partial charge on any atom is 0.338 e. The van der Waals surface area contributed by atoms with Crippen LogP contribution in [0.4, 0.5) is 0 Å². The number of carbonyl (C=O) groups excluding carboxylic acids is 2. The second-order valence-corrected chi connectivity index (χ2v) is 5.65. The molecule has 6 heteroatoms. The molecule has 0 fully saturated rings. The van der Waals surface area contributed by atoms with Crippen LogP contribution in [0.5, 0.6) is 11.5 Å². The van der Waals surface area contributed by atoms with Crippen molar-refractivity contribution in [3.8, 4) is 11.5 Å². The molecule has 0 saturated carbocycles. The van der Waals surface area contributed by atoms with Crippen LogP contribution >= 0.6 is 11.6 Å². The number of benzene rings is 2. The number of halogens is 1. The van der Waals surface area contributed by atoms with E-state index in [1.54, 1.807) is 36.4 Å². The van der Waals surface area contributed by atoms with Gasteiger partial charge in [-0.2, -0.15) is 0 Å². The number of rotatable bonds is 7. The lowest BCUT2D eigenvalue weighted by Gasteiger charge is -2.14. The van der Waals surface area contributed by atoms with Gasteiger partial charge in [-0.15, -0.1) is 0 Å². The van der Waals surface area contributed by atoms with Gasteiger partial charge in [0.05, 0.1) is 19.3 Å². The monoisotopic (exact) mass is 362 g/mol. The van der Waals surface area contributed by atoms with Gasteiger partial charge in [0.2, 0.25) is 5.78 Å². The van der Waals surface area contributed by atoms with E-state index in [2.05, 4.69) is 0 Å². The fraction of sp³-hybridized carbons (Fsp3) is 0.263. The van der Waals surface area contributed by atoms with Gasteiger partial charge in [0, 0.05) is 10.6 Å². The van der Waals surface area contributed by atoms with Crippen molar-refractivity contribution in [3.63, 3.8) is 0 Å². The molecule has 0 N–H and O–H groups in total. The summed E-state index contributed by atoms with van der Waals surface area (Å²) in [5.41, 5.74) is 0.699. The van der Waals surface area contributed by atoms with Crippen LogP contribution in [0.3, 0.4) is 0 Å². The minimum Gasteiger partial charge on any atom is -0.493 e. The Balaban J connectivity index is 2.10. The van der Waals surface area contributed by atoms with Gasteiger partial charge < -0.3 is 14.2 Å². The maximum absolute atomic E-state index is 12.3. The van der Waals surface area contributed by atoms with Crippen LogP contribution in [-0.2, 0) is 4.74 Å². The molecule has 2 aromatic rings. The van der Waals surface area contributed by atoms with E-state index in [1.165, 1.54) is 20.1 Å². The van der Waals surface area contributed by atoms with E-state index in [-0.39, 0.29) is 11.3 Å². The van der Waals surface area contributed by atoms with E-state index in [4.69, 9.17) is 25.8 Å². The molecule has 0 amide bonds. The molecule has 5 nitrogen and oxygen atoms in total. The SMILES string of the molecule is CCOc1ccc(C(=O)O[C@H](C)C(=O)c2ccc(Cl)cc2)cc1OC. The van der Waals surface area contributed by atoms with Gasteiger partial charge in [0.1, 0.15) is 0 Å². The molecule has 1 atom stereocenters. The molecule has 0 radical (unpaired) electrons. The van der Waals surface area contributed by atoms with Crippen LogP contribution < -0.4 is 9.47 Å². The van der Waals surface area contributed by atoms with Crippen LogP contribution in [-0.4, -0.2) is 31.6 Å². The number of ketones is 1. The number of ether oxygens (including phenoxy) is 3. The Morgan fingerprint density at radius 1 is 1.04 bits per heavy atom. The fourth-order valence-corrected chi connectivity index (χ4v) is 2.33. The Morgan fingerprint density at radius 3 is 2.28 bits per heavy atom. The molecule has 2 aromatic carbocycles. The third-order valence-corrected chi connectivity index (χ3v) is 3.73.